The monoisotopic (exact) mass is 249 g/mol. The molecule has 1 aliphatic carbocycles. The zero-order chi connectivity index (χ0) is 13.6. The van der Waals surface area contributed by atoms with Crippen LogP contribution in [0.15, 0.2) is 30.3 Å². The molecule has 0 heterocycles. The van der Waals surface area contributed by atoms with Crippen molar-refractivity contribution in [2.24, 2.45) is 0 Å². The highest BCUT2D eigenvalue weighted by Crippen LogP contribution is 2.39. The Kier molecular flexibility index (Phi) is 2.97. The summed E-state index contributed by atoms with van der Waals surface area (Å²) in [5.74, 6) is 1.16. The zero-order valence-electron chi connectivity index (χ0n) is 12.2. The second-order valence-corrected chi connectivity index (χ2v) is 6.23. The van der Waals surface area contributed by atoms with Crippen LogP contribution >= 0.6 is 0 Å². The van der Waals surface area contributed by atoms with Crippen molar-refractivity contribution in [2.75, 3.05) is 0 Å². The van der Waals surface area contributed by atoms with Crippen LogP contribution in [0.3, 0.4) is 0 Å². The van der Waals surface area contributed by atoms with Crippen LogP contribution in [0.5, 0.6) is 0 Å². The largest absolute Gasteiger partial charge is 0.0587 e. The maximum atomic E-state index is 3.49. The maximum Gasteiger partial charge on any atom is -0.000728 e. The van der Waals surface area contributed by atoms with E-state index in [1.807, 2.05) is 0 Å². The number of fused-ring (bicyclic) bond motifs is 3. The van der Waals surface area contributed by atoms with Gasteiger partial charge in [0.15, 0.2) is 0 Å². The SMILES string of the molecule is CC(C)c1c[c]c2c(c1)-c1cc(C(C)C)ccc1C2. The first-order chi connectivity index (χ1) is 9.06. The Morgan fingerprint density at radius 2 is 1.58 bits per heavy atom. The number of hydrogen-bond acceptors (Lipinski definition) is 0. The van der Waals surface area contributed by atoms with Crippen LogP contribution in [0.25, 0.3) is 11.1 Å². The average Bonchev–Trinajstić information content (AvgIpc) is 2.75. The molecule has 1 radical (unpaired) electrons. The third-order valence-electron chi connectivity index (χ3n) is 4.17. The van der Waals surface area contributed by atoms with Gasteiger partial charge in [-0.1, -0.05) is 58.0 Å². The molecule has 0 atom stereocenters. The maximum absolute atomic E-state index is 3.49. The third kappa shape index (κ3) is 2.10. The molecule has 2 aromatic rings. The van der Waals surface area contributed by atoms with Gasteiger partial charge >= 0.3 is 0 Å². The molecule has 19 heavy (non-hydrogen) atoms. The summed E-state index contributed by atoms with van der Waals surface area (Å²) < 4.78 is 0. The molecule has 0 heteroatoms. The topological polar surface area (TPSA) is 0 Å². The standard InChI is InChI=1S/C19H21/c1-12(2)14-5-7-16-9-17-8-6-15(13(3)4)11-19(17)18(16)10-14/h5-7,10-13H,9H2,1-4H3. The van der Waals surface area contributed by atoms with E-state index in [1.165, 1.54) is 33.4 Å². The van der Waals surface area contributed by atoms with Crippen LogP contribution < -0.4 is 0 Å². The molecule has 0 N–H and O–H groups in total. The van der Waals surface area contributed by atoms with Crippen molar-refractivity contribution >= 4 is 0 Å². The van der Waals surface area contributed by atoms with Gasteiger partial charge in [-0.3, -0.25) is 0 Å². The Morgan fingerprint density at radius 1 is 0.895 bits per heavy atom. The van der Waals surface area contributed by atoms with E-state index in [2.05, 4.69) is 64.1 Å². The van der Waals surface area contributed by atoms with Gasteiger partial charge in [-0.05, 0) is 57.7 Å². The smallest absolute Gasteiger partial charge is 0.000728 e. The normalized spacial score (nSPS) is 12.9. The fourth-order valence-corrected chi connectivity index (χ4v) is 2.81. The van der Waals surface area contributed by atoms with Gasteiger partial charge in [0.1, 0.15) is 0 Å². The molecule has 0 saturated carbocycles. The van der Waals surface area contributed by atoms with E-state index in [9.17, 15) is 0 Å². The molecular weight excluding hydrogens is 228 g/mol. The molecule has 0 aromatic heterocycles. The molecule has 0 amide bonds. The Hall–Kier alpha value is -1.56. The van der Waals surface area contributed by atoms with Crippen molar-refractivity contribution in [3.05, 3.63) is 58.7 Å². The summed E-state index contributed by atoms with van der Waals surface area (Å²) in [7, 11) is 0. The summed E-state index contributed by atoms with van der Waals surface area (Å²) in [6.45, 7) is 9.01. The first kappa shape index (κ1) is 12.5. The van der Waals surface area contributed by atoms with Crippen LogP contribution in [0.4, 0.5) is 0 Å². The van der Waals surface area contributed by atoms with Gasteiger partial charge in [-0.25, -0.2) is 0 Å². The lowest BCUT2D eigenvalue weighted by Crippen LogP contribution is -1.90. The van der Waals surface area contributed by atoms with Gasteiger partial charge in [0, 0.05) is 0 Å². The summed E-state index contributed by atoms with van der Waals surface area (Å²) in [6.07, 6.45) is 1.04. The minimum atomic E-state index is 0.568. The second-order valence-electron chi connectivity index (χ2n) is 6.23. The number of hydrogen-bond donors (Lipinski definition) is 0. The minimum absolute atomic E-state index is 0.568. The molecule has 2 aromatic carbocycles. The molecule has 1 aliphatic rings. The summed E-state index contributed by atoms with van der Waals surface area (Å²) in [5.41, 5.74) is 8.48. The lowest BCUT2D eigenvalue weighted by molar-refractivity contribution is 0.865. The molecule has 97 valence electrons. The highest BCUT2D eigenvalue weighted by atomic mass is 14.2. The molecule has 0 fully saturated rings. The summed E-state index contributed by atoms with van der Waals surface area (Å²) in [4.78, 5) is 0. The Labute approximate surface area is 116 Å². The number of benzene rings is 2. The first-order valence-corrected chi connectivity index (χ1v) is 7.24. The minimum Gasteiger partial charge on any atom is -0.0587 e. The highest BCUT2D eigenvalue weighted by molar-refractivity contribution is 5.77. The van der Waals surface area contributed by atoms with Crippen molar-refractivity contribution in [1.82, 2.24) is 0 Å². The molecule has 0 aliphatic heterocycles. The van der Waals surface area contributed by atoms with Crippen LogP contribution in [-0.2, 0) is 6.42 Å². The van der Waals surface area contributed by atoms with E-state index in [1.54, 1.807) is 0 Å². The fourth-order valence-electron chi connectivity index (χ4n) is 2.81. The van der Waals surface area contributed by atoms with Crippen molar-refractivity contribution < 1.29 is 0 Å². The molecule has 0 nitrogen and oxygen atoms in total. The lowest BCUT2D eigenvalue weighted by Gasteiger charge is -2.10. The number of rotatable bonds is 2. The van der Waals surface area contributed by atoms with Gasteiger partial charge in [0.05, 0.1) is 0 Å². The van der Waals surface area contributed by atoms with Gasteiger partial charge in [-0.2, -0.15) is 0 Å². The summed E-state index contributed by atoms with van der Waals surface area (Å²) in [5, 5.41) is 0. The Bertz CT molecular complexity index is 562. The predicted molar refractivity (Wildman–Crippen MR) is 81.7 cm³/mol. The van der Waals surface area contributed by atoms with Crippen LogP contribution in [0.2, 0.25) is 0 Å². The van der Waals surface area contributed by atoms with E-state index in [-0.39, 0.29) is 0 Å². The van der Waals surface area contributed by atoms with Crippen LogP contribution in [-0.4, -0.2) is 0 Å². The molecule has 0 spiro atoms. The Morgan fingerprint density at radius 3 is 2.26 bits per heavy atom. The van der Waals surface area contributed by atoms with E-state index in [0.717, 1.165) is 6.42 Å². The van der Waals surface area contributed by atoms with Crippen LogP contribution in [0, 0.1) is 6.07 Å². The molecule has 0 unspecified atom stereocenters. The summed E-state index contributed by atoms with van der Waals surface area (Å²) >= 11 is 0. The van der Waals surface area contributed by atoms with Crippen molar-refractivity contribution in [3.63, 3.8) is 0 Å². The van der Waals surface area contributed by atoms with Crippen molar-refractivity contribution in [1.29, 1.82) is 0 Å². The zero-order valence-corrected chi connectivity index (χ0v) is 12.2. The van der Waals surface area contributed by atoms with Crippen LogP contribution in [0.1, 0.15) is 61.8 Å². The first-order valence-electron chi connectivity index (χ1n) is 7.24. The van der Waals surface area contributed by atoms with E-state index in [0.29, 0.717) is 11.8 Å². The second kappa shape index (κ2) is 4.52. The van der Waals surface area contributed by atoms with Crippen molar-refractivity contribution in [3.8, 4) is 11.1 Å². The van der Waals surface area contributed by atoms with E-state index >= 15 is 0 Å². The van der Waals surface area contributed by atoms with E-state index < -0.39 is 0 Å². The van der Waals surface area contributed by atoms with E-state index in [4.69, 9.17) is 0 Å². The quantitative estimate of drug-likeness (QED) is 0.577. The van der Waals surface area contributed by atoms with Gasteiger partial charge < -0.3 is 0 Å². The predicted octanol–water partition coefficient (Wildman–Crippen LogP) is 5.30. The summed E-state index contributed by atoms with van der Waals surface area (Å²) in [6, 6.07) is 15.0. The molecule has 0 saturated heterocycles. The Balaban J connectivity index is 2.14. The fraction of sp³-hybridized carbons (Fsp3) is 0.368. The lowest BCUT2D eigenvalue weighted by atomic mass is 9.94. The van der Waals surface area contributed by atoms with Gasteiger partial charge in [-0.15, -0.1) is 0 Å². The van der Waals surface area contributed by atoms with Gasteiger partial charge in [0.2, 0.25) is 0 Å². The van der Waals surface area contributed by atoms with Crippen molar-refractivity contribution in [2.45, 2.75) is 46.0 Å². The highest BCUT2D eigenvalue weighted by Gasteiger charge is 2.20. The van der Waals surface area contributed by atoms with Gasteiger partial charge in [0.25, 0.3) is 0 Å². The molecular formula is C19H21. The molecule has 3 rings (SSSR count). The molecule has 0 bridgehead atoms. The average molecular weight is 249 g/mol. The third-order valence-corrected chi connectivity index (χ3v) is 4.17.